The number of hydrogen-bond donors (Lipinski definition) is 1. The Bertz CT molecular complexity index is 835. The van der Waals surface area contributed by atoms with Gasteiger partial charge in [-0.3, -0.25) is 4.79 Å². The van der Waals surface area contributed by atoms with Crippen LogP contribution >= 0.6 is 0 Å². The monoisotopic (exact) mass is 669 g/mol. The molecule has 0 radical (unpaired) electrons. The fraction of sp³-hybridized carbons (Fsp3) is 0.705. The van der Waals surface area contributed by atoms with Gasteiger partial charge in [-0.05, 0) is 64.2 Å². The minimum absolute atomic E-state index is 0.180. The van der Waals surface area contributed by atoms with Gasteiger partial charge in [0.25, 0.3) is 0 Å². The van der Waals surface area contributed by atoms with Gasteiger partial charge in [0.2, 0.25) is 0 Å². The number of aliphatic hydroxyl groups excluding tert-OH is 1. The van der Waals surface area contributed by atoms with E-state index < -0.39 is 6.10 Å². The van der Waals surface area contributed by atoms with E-state index in [2.05, 4.69) is 86.8 Å². The number of rotatable bonds is 36. The van der Waals surface area contributed by atoms with Gasteiger partial charge >= 0.3 is 5.97 Å². The van der Waals surface area contributed by atoms with Crippen molar-refractivity contribution >= 4 is 5.97 Å². The van der Waals surface area contributed by atoms with E-state index in [1.165, 1.54) is 83.5 Å². The standard InChI is InChI=1S/C44H76O4/c1-3-5-7-9-11-13-15-16-17-18-19-20-21-22-23-24-25-26-27-28-29-31-33-35-37-39-44(46)48-43(41-45)42-47-40-38-36-34-32-30-14-12-10-8-6-4-2/h5,7,11,13,16-17,19-20,22-23,25-26,43,45H,3-4,6,8-10,12,14-15,18,21,24,27-42H2,1-2H3/b7-5-,13-11-,17-16-,20-19-,23-22-,26-25-. The molecule has 0 fully saturated rings. The maximum atomic E-state index is 12.2. The van der Waals surface area contributed by atoms with Gasteiger partial charge < -0.3 is 14.6 Å². The third-order valence-corrected chi connectivity index (χ3v) is 8.30. The normalized spacial score (nSPS) is 13.1. The van der Waals surface area contributed by atoms with Crippen LogP contribution in [0.25, 0.3) is 0 Å². The van der Waals surface area contributed by atoms with Gasteiger partial charge in [0.1, 0.15) is 6.10 Å². The summed E-state index contributed by atoms with van der Waals surface area (Å²) in [5.41, 5.74) is 0. The molecule has 0 spiro atoms. The minimum atomic E-state index is -0.542. The summed E-state index contributed by atoms with van der Waals surface area (Å²) < 4.78 is 11.1. The molecule has 4 nitrogen and oxygen atoms in total. The molecular formula is C44H76O4. The fourth-order valence-corrected chi connectivity index (χ4v) is 5.33. The molecule has 0 bridgehead atoms. The van der Waals surface area contributed by atoms with Crippen LogP contribution in [0.5, 0.6) is 0 Å². The molecule has 276 valence electrons. The molecule has 0 aliphatic rings. The van der Waals surface area contributed by atoms with E-state index in [4.69, 9.17) is 9.47 Å². The molecule has 0 aromatic rings. The zero-order valence-electron chi connectivity index (χ0n) is 31.5. The molecule has 0 aliphatic heterocycles. The lowest BCUT2D eigenvalue weighted by Gasteiger charge is -2.15. The summed E-state index contributed by atoms with van der Waals surface area (Å²) in [4.78, 5) is 12.2. The molecule has 0 aromatic heterocycles. The quantitative estimate of drug-likeness (QED) is 0.0410. The summed E-state index contributed by atoms with van der Waals surface area (Å²) in [5, 5.41) is 9.56. The third-order valence-electron chi connectivity index (χ3n) is 8.30. The Labute approximate surface area is 297 Å². The second-order valence-electron chi connectivity index (χ2n) is 13.0. The second kappa shape index (κ2) is 41.0. The van der Waals surface area contributed by atoms with Crippen LogP contribution in [-0.4, -0.2) is 37.0 Å². The van der Waals surface area contributed by atoms with Gasteiger partial charge in [-0.25, -0.2) is 0 Å². The van der Waals surface area contributed by atoms with Gasteiger partial charge in [-0.15, -0.1) is 0 Å². The van der Waals surface area contributed by atoms with Crippen molar-refractivity contribution in [1.82, 2.24) is 0 Å². The van der Waals surface area contributed by atoms with Crippen LogP contribution in [0, 0.1) is 0 Å². The van der Waals surface area contributed by atoms with Crippen molar-refractivity contribution in [2.24, 2.45) is 0 Å². The maximum Gasteiger partial charge on any atom is 0.306 e. The summed E-state index contributed by atoms with van der Waals surface area (Å²) in [5.74, 6) is -0.218. The number of carbonyl (C=O) groups excluding carboxylic acids is 1. The van der Waals surface area contributed by atoms with Crippen LogP contribution in [0.4, 0.5) is 0 Å². The number of esters is 1. The smallest absolute Gasteiger partial charge is 0.306 e. The summed E-state index contributed by atoms with van der Waals surface area (Å²) in [6, 6.07) is 0. The molecule has 0 amide bonds. The summed E-state index contributed by atoms with van der Waals surface area (Å²) in [6.45, 7) is 5.21. The Balaban J connectivity index is 3.53. The van der Waals surface area contributed by atoms with E-state index in [1.54, 1.807) is 0 Å². The Morgan fingerprint density at radius 3 is 1.42 bits per heavy atom. The van der Waals surface area contributed by atoms with Gasteiger partial charge in [0, 0.05) is 13.0 Å². The lowest BCUT2D eigenvalue weighted by Crippen LogP contribution is -2.27. The molecule has 4 heteroatoms. The van der Waals surface area contributed by atoms with Crippen LogP contribution < -0.4 is 0 Å². The van der Waals surface area contributed by atoms with Crippen molar-refractivity contribution < 1.29 is 19.4 Å². The Morgan fingerprint density at radius 1 is 0.521 bits per heavy atom. The molecule has 1 unspecified atom stereocenters. The highest BCUT2D eigenvalue weighted by molar-refractivity contribution is 5.69. The predicted octanol–water partition coefficient (Wildman–Crippen LogP) is 13.0. The van der Waals surface area contributed by atoms with Gasteiger partial charge in [-0.2, -0.15) is 0 Å². The fourth-order valence-electron chi connectivity index (χ4n) is 5.33. The first-order valence-corrected chi connectivity index (χ1v) is 20.0. The molecule has 0 heterocycles. The molecule has 0 rings (SSSR count). The second-order valence-corrected chi connectivity index (χ2v) is 13.0. The van der Waals surface area contributed by atoms with Crippen LogP contribution in [0.15, 0.2) is 72.9 Å². The first kappa shape index (κ1) is 45.8. The predicted molar refractivity (Wildman–Crippen MR) is 209 cm³/mol. The molecule has 0 saturated heterocycles. The van der Waals surface area contributed by atoms with E-state index >= 15 is 0 Å². The molecule has 0 saturated carbocycles. The third kappa shape index (κ3) is 38.3. The topological polar surface area (TPSA) is 55.8 Å². The summed E-state index contributed by atoms with van der Waals surface area (Å²) in [7, 11) is 0. The minimum Gasteiger partial charge on any atom is -0.457 e. The number of hydrogen-bond acceptors (Lipinski definition) is 4. The largest absolute Gasteiger partial charge is 0.457 e. The van der Waals surface area contributed by atoms with Crippen LogP contribution in [0.1, 0.15) is 174 Å². The highest BCUT2D eigenvalue weighted by Crippen LogP contribution is 2.12. The van der Waals surface area contributed by atoms with Crippen molar-refractivity contribution in [2.75, 3.05) is 19.8 Å². The molecule has 1 atom stereocenters. The van der Waals surface area contributed by atoms with Gasteiger partial charge in [0.15, 0.2) is 0 Å². The Morgan fingerprint density at radius 2 is 0.938 bits per heavy atom. The molecule has 0 aromatic carbocycles. The average Bonchev–Trinajstić information content (AvgIpc) is 3.09. The average molecular weight is 669 g/mol. The van der Waals surface area contributed by atoms with Crippen molar-refractivity contribution in [2.45, 2.75) is 180 Å². The molecule has 0 aliphatic carbocycles. The molecular weight excluding hydrogens is 592 g/mol. The Kier molecular flexibility index (Phi) is 39.1. The zero-order valence-corrected chi connectivity index (χ0v) is 31.5. The maximum absolute atomic E-state index is 12.2. The van der Waals surface area contributed by atoms with Crippen LogP contribution in [0.3, 0.4) is 0 Å². The number of ether oxygens (including phenoxy) is 2. The number of allylic oxidation sites excluding steroid dienone is 12. The van der Waals surface area contributed by atoms with Crippen molar-refractivity contribution in [3.05, 3.63) is 72.9 Å². The van der Waals surface area contributed by atoms with Gasteiger partial charge in [-0.1, -0.05) is 177 Å². The molecule has 48 heavy (non-hydrogen) atoms. The lowest BCUT2D eigenvalue weighted by molar-refractivity contribution is -0.154. The van der Waals surface area contributed by atoms with Crippen molar-refractivity contribution in [3.63, 3.8) is 0 Å². The van der Waals surface area contributed by atoms with Crippen LogP contribution in [-0.2, 0) is 14.3 Å². The Hall–Kier alpha value is -2.17. The number of carbonyl (C=O) groups is 1. The van der Waals surface area contributed by atoms with Crippen molar-refractivity contribution in [1.29, 1.82) is 0 Å². The first-order chi connectivity index (χ1) is 23.7. The van der Waals surface area contributed by atoms with Gasteiger partial charge in [0.05, 0.1) is 13.2 Å². The lowest BCUT2D eigenvalue weighted by atomic mass is 10.1. The zero-order chi connectivity index (χ0) is 34.9. The van der Waals surface area contributed by atoms with E-state index in [0.29, 0.717) is 13.0 Å². The highest BCUT2D eigenvalue weighted by atomic mass is 16.6. The number of unbranched alkanes of at least 4 members (excludes halogenated alkanes) is 16. The van der Waals surface area contributed by atoms with E-state index in [1.807, 2.05) is 0 Å². The SMILES string of the molecule is CC/C=C\C/C=C\C/C=C\C/C=C\C/C=C\C/C=C\CCCCCCCCC(=O)OC(CO)COCCCCCCCCCCCCC. The van der Waals surface area contributed by atoms with Crippen LogP contribution in [0.2, 0.25) is 0 Å². The number of aliphatic hydroxyl groups is 1. The molecule has 1 N–H and O–H groups in total. The highest BCUT2D eigenvalue weighted by Gasteiger charge is 2.13. The first-order valence-electron chi connectivity index (χ1n) is 20.0. The summed E-state index contributed by atoms with van der Waals surface area (Å²) >= 11 is 0. The van der Waals surface area contributed by atoms with E-state index in [0.717, 1.165) is 70.6 Å². The van der Waals surface area contributed by atoms with E-state index in [-0.39, 0.29) is 19.2 Å². The summed E-state index contributed by atoms with van der Waals surface area (Å²) in [6.07, 6.45) is 55.2. The van der Waals surface area contributed by atoms with Crippen molar-refractivity contribution in [3.8, 4) is 0 Å². The van der Waals surface area contributed by atoms with E-state index in [9.17, 15) is 9.90 Å².